The normalized spacial score (nSPS) is 10.2. The molecule has 104 valence electrons. The smallest absolute Gasteiger partial charge is 0.490 e. The summed E-state index contributed by atoms with van der Waals surface area (Å²) < 4.78 is 11.0. The molecule has 2 aromatic carbocycles. The Balaban J connectivity index is 1.88. The fraction of sp³-hybridized carbons (Fsp3) is 0.200. The summed E-state index contributed by atoms with van der Waals surface area (Å²) in [6.07, 6.45) is 0. The topological polar surface area (TPSA) is 58.9 Å². The molecule has 0 aliphatic carbocycles. The van der Waals surface area contributed by atoms with Gasteiger partial charge in [-0.2, -0.15) is 0 Å². The van der Waals surface area contributed by atoms with Crippen LogP contribution >= 0.6 is 0 Å². The summed E-state index contributed by atoms with van der Waals surface area (Å²) in [6.45, 7) is 2.60. The van der Waals surface area contributed by atoms with Crippen molar-refractivity contribution in [2.45, 2.75) is 6.92 Å². The zero-order valence-electron chi connectivity index (χ0n) is 11.3. The van der Waals surface area contributed by atoms with Crippen molar-refractivity contribution in [2.75, 3.05) is 13.2 Å². The van der Waals surface area contributed by atoms with Crippen molar-refractivity contribution in [1.82, 2.24) is 0 Å². The van der Waals surface area contributed by atoms with Crippen LogP contribution < -0.4 is 14.9 Å². The van der Waals surface area contributed by atoms with Crippen molar-refractivity contribution in [3.63, 3.8) is 0 Å². The number of benzene rings is 2. The standard InChI is InChI=1S/C15H17BO4/c1-12-7-8-15(14(11-12)16(17)18)20-10-9-19-13-5-3-2-4-6-13/h2-8,11,17-18H,9-10H2,1H3. The molecule has 0 aliphatic rings. The van der Waals surface area contributed by atoms with Crippen molar-refractivity contribution in [1.29, 1.82) is 0 Å². The van der Waals surface area contributed by atoms with E-state index in [1.54, 1.807) is 12.1 Å². The lowest BCUT2D eigenvalue weighted by Crippen LogP contribution is -2.32. The second-order valence-electron chi connectivity index (χ2n) is 4.42. The fourth-order valence-electron chi connectivity index (χ4n) is 1.83. The van der Waals surface area contributed by atoms with Crippen LogP contribution in [0.4, 0.5) is 0 Å². The minimum Gasteiger partial charge on any atom is -0.490 e. The second kappa shape index (κ2) is 6.98. The third kappa shape index (κ3) is 4.01. The Morgan fingerprint density at radius 3 is 2.35 bits per heavy atom. The molecule has 0 saturated carbocycles. The zero-order valence-corrected chi connectivity index (χ0v) is 11.3. The number of aryl methyl sites for hydroxylation is 1. The van der Waals surface area contributed by atoms with E-state index in [0.29, 0.717) is 24.4 Å². The van der Waals surface area contributed by atoms with Crippen molar-refractivity contribution in [2.24, 2.45) is 0 Å². The first-order valence-corrected chi connectivity index (χ1v) is 6.44. The van der Waals surface area contributed by atoms with E-state index in [0.717, 1.165) is 11.3 Å². The van der Waals surface area contributed by atoms with Crippen LogP contribution in [-0.4, -0.2) is 30.4 Å². The summed E-state index contributed by atoms with van der Waals surface area (Å²) in [6, 6.07) is 14.7. The Morgan fingerprint density at radius 2 is 1.65 bits per heavy atom. The van der Waals surface area contributed by atoms with Crippen LogP contribution in [0.1, 0.15) is 5.56 Å². The Morgan fingerprint density at radius 1 is 0.950 bits per heavy atom. The van der Waals surface area contributed by atoms with E-state index in [4.69, 9.17) is 9.47 Å². The molecule has 0 radical (unpaired) electrons. The SMILES string of the molecule is Cc1ccc(OCCOc2ccccc2)c(B(O)O)c1. The zero-order chi connectivity index (χ0) is 14.4. The van der Waals surface area contributed by atoms with E-state index >= 15 is 0 Å². The molecule has 0 aliphatic heterocycles. The summed E-state index contributed by atoms with van der Waals surface area (Å²) in [5, 5.41) is 18.6. The molecule has 0 bridgehead atoms. The molecule has 0 unspecified atom stereocenters. The Labute approximate surface area is 118 Å². The molecular formula is C15H17BO4. The lowest BCUT2D eigenvalue weighted by atomic mass is 9.79. The Bertz CT molecular complexity index is 543. The van der Waals surface area contributed by atoms with Gasteiger partial charge in [0, 0.05) is 5.46 Å². The molecule has 2 rings (SSSR count). The number of para-hydroxylation sites is 1. The van der Waals surface area contributed by atoms with E-state index in [1.165, 1.54) is 0 Å². The average Bonchev–Trinajstić information content (AvgIpc) is 2.45. The molecule has 0 saturated heterocycles. The number of ether oxygens (including phenoxy) is 2. The molecule has 20 heavy (non-hydrogen) atoms. The lowest BCUT2D eigenvalue weighted by Gasteiger charge is -2.12. The molecular weight excluding hydrogens is 255 g/mol. The number of hydrogen-bond donors (Lipinski definition) is 2. The minimum absolute atomic E-state index is 0.331. The van der Waals surface area contributed by atoms with Gasteiger partial charge >= 0.3 is 7.12 Å². The van der Waals surface area contributed by atoms with Gasteiger partial charge in [0.2, 0.25) is 0 Å². The predicted molar refractivity (Wildman–Crippen MR) is 78.4 cm³/mol. The quantitative estimate of drug-likeness (QED) is 0.611. The molecule has 0 fully saturated rings. The van der Waals surface area contributed by atoms with Gasteiger partial charge < -0.3 is 19.5 Å². The van der Waals surface area contributed by atoms with Crippen LogP contribution in [0.5, 0.6) is 11.5 Å². The summed E-state index contributed by atoms with van der Waals surface area (Å²) in [4.78, 5) is 0. The number of rotatable bonds is 6. The molecule has 2 N–H and O–H groups in total. The van der Waals surface area contributed by atoms with Crippen molar-refractivity contribution in [3.8, 4) is 11.5 Å². The van der Waals surface area contributed by atoms with E-state index in [1.807, 2.05) is 43.3 Å². The van der Waals surface area contributed by atoms with Gasteiger partial charge in [-0.15, -0.1) is 0 Å². The van der Waals surface area contributed by atoms with Crippen LogP contribution in [0.2, 0.25) is 0 Å². The Hall–Kier alpha value is -1.98. The largest absolute Gasteiger partial charge is 0.492 e. The maximum atomic E-state index is 9.31. The van der Waals surface area contributed by atoms with E-state index in [9.17, 15) is 10.0 Å². The molecule has 0 amide bonds. The van der Waals surface area contributed by atoms with Crippen LogP contribution in [0, 0.1) is 6.92 Å². The highest BCUT2D eigenvalue weighted by Gasteiger charge is 2.17. The fourth-order valence-corrected chi connectivity index (χ4v) is 1.83. The van der Waals surface area contributed by atoms with E-state index in [-0.39, 0.29) is 0 Å². The van der Waals surface area contributed by atoms with Crippen molar-refractivity contribution < 1.29 is 19.5 Å². The van der Waals surface area contributed by atoms with Crippen molar-refractivity contribution in [3.05, 3.63) is 54.1 Å². The van der Waals surface area contributed by atoms with Gasteiger partial charge in [-0.3, -0.25) is 0 Å². The van der Waals surface area contributed by atoms with Crippen LogP contribution in [0.25, 0.3) is 0 Å². The summed E-state index contributed by atoms with van der Waals surface area (Å²) in [5.41, 5.74) is 1.31. The van der Waals surface area contributed by atoms with Gasteiger partial charge in [0.05, 0.1) is 0 Å². The first kappa shape index (κ1) is 14.4. The minimum atomic E-state index is -1.54. The van der Waals surface area contributed by atoms with Crippen LogP contribution in [0.3, 0.4) is 0 Å². The first-order chi connectivity index (χ1) is 9.66. The molecule has 0 spiro atoms. The number of hydrogen-bond acceptors (Lipinski definition) is 4. The van der Waals surface area contributed by atoms with Gasteiger partial charge in [-0.1, -0.05) is 35.9 Å². The highest BCUT2D eigenvalue weighted by atomic mass is 16.5. The predicted octanol–water partition coefficient (Wildman–Crippen LogP) is 1.13. The summed E-state index contributed by atoms with van der Waals surface area (Å²) >= 11 is 0. The van der Waals surface area contributed by atoms with Gasteiger partial charge in [0.1, 0.15) is 24.7 Å². The molecule has 2 aromatic rings. The van der Waals surface area contributed by atoms with Crippen molar-refractivity contribution >= 4 is 12.6 Å². The van der Waals surface area contributed by atoms with Gasteiger partial charge in [-0.25, -0.2) is 0 Å². The summed E-state index contributed by atoms with van der Waals surface area (Å²) in [7, 11) is -1.54. The van der Waals surface area contributed by atoms with E-state index in [2.05, 4.69) is 0 Å². The van der Waals surface area contributed by atoms with Gasteiger partial charge in [0.15, 0.2) is 0 Å². The van der Waals surface area contributed by atoms with Gasteiger partial charge in [-0.05, 0) is 25.1 Å². The molecule has 0 aromatic heterocycles. The van der Waals surface area contributed by atoms with Gasteiger partial charge in [0.25, 0.3) is 0 Å². The second-order valence-corrected chi connectivity index (χ2v) is 4.42. The monoisotopic (exact) mass is 272 g/mol. The first-order valence-electron chi connectivity index (χ1n) is 6.44. The third-order valence-corrected chi connectivity index (χ3v) is 2.80. The Kier molecular flexibility index (Phi) is 5.04. The highest BCUT2D eigenvalue weighted by molar-refractivity contribution is 6.59. The maximum absolute atomic E-state index is 9.31. The third-order valence-electron chi connectivity index (χ3n) is 2.80. The molecule has 0 atom stereocenters. The van der Waals surface area contributed by atoms with Crippen LogP contribution in [0.15, 0.2) is 48.5 Å². The molecule has 5 heteroatoms. The average molecular weight is 272 g/mol. The van der Waals surface area contributed by atoms with Crippen LogP contribution in [-0.2, 0) is 0 Å². The summed E-state index contributed by atoms with van der Waals surface area (Å²) in [5.74, 6) is 1.24. The lowest BCUT2D eigenvalue weighted by molar-refractivity contribution is 0.217. The maximum Gasteiger partial charge on any atom is 0.492 e. The molecule has 0 heterocycles. The highest BCUT2D eigenvalue weighted by Crippen LogP contribution is 2.11. The molecule has 4 nitrogen and oxygen atoms in total. The van der Waals surface area contributed by atoms with E-state index < -0.39 is 7.12 Å².